The van der Waals surface area contributed by atoms with Crippen LogP contribution in [0.15, 0.2) is 36.9 Å². The predicted octanol–water partition coefficient (Wildman–Crippen LogP) is 1.94. The Morgan fingerprint density at radius 2 is 2.21 bits per heavy atom. The number of rotatable bonds is 5. The zero-order valence-corrected chi connectivity index (χ0v) is 14.1. The molecule has 0 saturated carbocycles. The molecule has 1 aliphatic heterocycles. The van der Waals surface area contributed by atoms with Crippen molar-refractivity contribution in [3.05, 3.63) is 42.5 Å². The molecule has 0 aliphatic carbocycles. The van der Waals surface area contributed by atoms with Crippen LogP contribution in [0.1, 0.15) is 37.0 Å². The smallest absolute Gasteiger partial charge is 0.254 e. The summed E-state index contributed by atoms with van der Waals surface area (Å²) in [5.41, 5.74) is 0.100. The Labute approximate surface area is 141 Å². The molecule has 24 heavy (non-hydrogen) atoms. The number of hydrogen-bond donors (Lipinski definition) is 2. The molecule has 2 rings (SSSR count). The quantitative estimate of drug-likeness (QED) is 0.810. The normalized spacial score (nSPS) is 20.2. The Kier molecular flexibility index (Phi) is 5.39. The maximum atomic E-state index is 13.0. The Morgan fingerprint density at radius 1 is 1.46 bits per heavy atom. The van der Waals surface area contributed by atoms with Crippen LogP contribution in [0.25, 0.3) is 0 Å². The summed E-state index contributed by atoms with van der Waals surface area (Å²) in [5.74, 6) is -0.677. The molecule has 1 aromatic rings. The fraction of sp³-hybridized carbons (Fsp3) is 0.389. The van der Waals surface area contributed by atoms with Crippen molar-refractivity contribution < 1.29 is 14.4 Å². The summed E-state index contributed by atoms with van der Waals surface area (Å²) in [6.07, 6.45) is 2.56. The van der Waals surface area contributed by atoms with Gasteiger partial charge in [0.2, 0.25) is 11.8 Å². The third-order valence-corrected chi connectivity index (χ3v) is 4.25. The molecule has 6 nitrogen and oxygen atoms in total. The van der Waals surface area contributed by atoms with Crippen LogP contribution in [0, 0.1) is 0 Å². The van der Waals surface area contributed by atoms with Crippen molar-refractivity contribution in [1.82, 2.24) is 10.2 Å². The van der Waals surface area contributed by atoms with E-state index in [-0.39, 0.29) is 17.7 Å². The van der Waals surface area contributed by atoms with E-state index >= 15 is 0 Å². The highest BCUT2D eigenvalue weighted by atomic mass is 16.2. The van der Waals surface area contributed by atoms with E-state index in [2.05, 4.69) is 17.2 Å². The average Bonchev–Trinajstić information content (AvgIpc) is 2.57. The van der Waals surface area contributed by atoms with Crippen molar-refractivity contribution in [2.24, 2.45) is 0 Å². The van der Waals surface area contributed by atoms with Gasteiger partial charge in [0.1, 0.15) is 5.54 Å². The fourth-order valence-corrected chi connectivity index (χ4v) is 2.98. The summed E-state index contributed by atoms with van der Waals surface area (Å²) in [5, 5.41) is 5.48. The first-order valence-corrected chi connectivity index (χ1v) is 8.06. The maximum Gasteiger partial charge on any atom is 0.254 e. The molecular weight excluding hydrogens is 306 g/mol. The number of hydrogen-bond acceptors (Lipinski definition) is 3. The highest BCUT2D eigenvalue weighted by Gasteiger charge is 2.43. The van der Waals surface area contributed by atoms with E-state index in [1.807, 2.05) is 6.92 Å². The molecule has 1 unspecified atom stereocenters. The van der Waals surface area contributed by atoms with Crippen LogP contribution in [0.5, 0.6) is 0 Å². The second-order valence-corrected chi connectivity index (χ2v) is 6.01. The number of amides is 3. The molecule has 1 atom stereocenters. The summed E-state index contributed by atoms with van der Waals surface area (Å²) >= 11 is 0. The van der Waals surface area contributed by atoms with Gasteiger partial charge >= 0.3 is 0 Å². The minimum absolute atomic E-state index is 0.125. The third kappa shape index (κ3) is 3.48. The Hall–Kier alpha value is -2.63. The van der Waals surface area contributed by atoms with Gasteiger partial charge in [-0.3, -0.25) is 14.4 Å². The minimum atomic E-state index is -0.857. The lowest BCUT2D eigenvalue weighted by atomic mass is 9.90. The van der Waals surface area contributed by atoms with E-state index < -0.39 is 5.54 Å². The predicted molar refractivity (Wildman–Crippen MR) is 92.6 cm³/mol. The topological polar surface area (TPSA) is 78.5 Å². The SMILES string of the molecule is C=CC(=O)Nc1cccc(C(=O)N2CCNC(=O)C2(C)CCC)c1. The number of carbonyl (C=O) groups excluding carboxylic acids is 3. The summed E-state index contributed by atoms with van der Waals surface area (Å²) in [7, 11) is 0. The molecule has 128 valence electrons. The average molecular weight is 329 g/mol. The van der Waals surface area contributed by atoms with Crippen LogP contribution < -0.4 is 10.6 Å². The number of nitrogens with one attached hydrogen (secondary N) is 2. The summed E-state index contributed by atoms with van der Waals surface area (Å²) in [6.45, 7) is 8.09. The van der Waals surface area contributed by atoms with E-state index in [0.717, 1.165) is 6.42 Å². The van der Waals surface area contributed by atoms with Crippen LogP contribution in [0.2, 0.25) is 0 Å². The van der Waals surface area contributed by atoms with E-state index in [0.29, 0.717) is 30.8 Å². The van der Waals surface area contributed by atoms with Gasteiger partial charge in [-0.25, -0.2) is 0 Å². The second-order valence-electron chi connectivity index (χ2n) is 6.01. The van der Waals surface area contributed by atoms with Crippen LogP contribution in [-0.2, 0) is 9.59 Å². The molecule has 6 heteroatoms. The van der Waals surface area contributed by atoms with Crippen molar-refractivity contribution in [2.45, 2.75) is 32.2 Å². The third-order valence-electron chi connectivity index (χ3n) is 4.25. The van der Waals surface area contributed by atoms with Gasteiger partial charge in [-0.05, 0) is 37.6 Å². The monoisotopic (exact) mass is 329 g/mol. The van der Waals surface area contributed by atoms with Crippen LogP contribution in [-0.4, -0.2) is 41.2 Å². The number of benzene rings is 1. The van der Waals surface area contributed by atoms with Gasteiger partial charge in [0, 0.05) is 24.3 Å². The molecule has 2 N–H and O–H groups in total. The van der Waals surface area contributed by atoms with Crippen LogP contribution >= 0.6 is 0 Å². The highest BCUT2D eigenvalue weighted by molar-refractivity contribution is 6.02. The molecule has 0 radical (unpaired) electrons. The standard InChI is InChI=1S/C18H23N3O3/c1-4-9-18(3)17(24)19-10-11-21(18)16(23)13-7-6-8-14(12-13)20-15(22)5-2/h5-8,12H,2,4,9-11H2,1,3H3,(H,19,24)(H,20,22). The molecule has 1 heterocycles. The lowest BCUT2D eigenvalue weighted by Gasteiger charge is -2.43. The molecule has 1 aromatic carbocycles. The van der Waals surface area contributed by atoms with Crippen LogP contribution in [0.4, 0.5) is 5.69 Å². The van der Waals surface area contributed by atoms with E-state index in [4.69, 9.17) is 0 Å². The first-order valence-electron chi connectivity index (χ1n) is 8.06. The minimum Gasteiger partial charge on any atom is -0.352 e. The van der Waals surface area contributed by atoms with Gasteiger partial charge in [-0.15, -0.1) is 0 Å². The zero-order chi connectivity index (χ0) is 17.7. The van der Waals surface area contributed by atoms with Gasteiger partial charge in [0.05, 0.1) is 0 Å². The number of piperazine rings is 1. The van der Waals surface area contributed by atoms with Gasteiger partial charge in [-0.1, -0.05) is 26.0 Å². The Morgan fingerprint density at radius 3 is 2.88 bits per heavy atom. The van der Waals surface area contributed by atoms with Crippen molar-refractivity contribution in [1.29, 1.82) is 0 Å². The van der Waals surface area contributed by atoms with Gasteiger partial charge in [0.25, 0.3) is 5.91 Å². The number of nitrogens with zero attached hydrogens (tertiary/aromatic N) is 1. The maximum absolute atomic E-state index is 13.0. The summed E-state index contributed by atoms with van der Waals surface area (Å²) in [4.78, 5) is 38.3. The molecule has 1 fully saturated rings. The number of carbonyl (C=O) groups is 3. The van der Waals surface area contributed by atoms with Crippen molar-refractivity contribution >= 4 is 23.4 Å². The first-order chi connectivity index (χ1) is 11.4. The number of anilines is 1. The Balaban J connectivity index is 2.29. The molecule has 0 aromatic heterocycles. The molecule has 1 aliphatic rings. The molecule has 0 spiro atoms. The highest BCUT2D eigenvalue weighted by Crippen LogP contribution is 2.26. The molecule has 3 amide bonds. The summed E-state index contributed by atoms with van der Waals surface area (Å²) < 4.78 is 0. The first kappa shape index (κ1) is 17.7. The van der Waals surface area contributed by atoms with E-state index in [9.17, 15) is 14.4 Å². The molecule has 1 saturated heterocycles. The second kappa shape index (κ2) is 7.29. The van der Waals surface area contributed by atoms with Gasteiger partial charge < -0.3 is 15.5 Å². The summed E-state index contributed by atoms with van der Waals surface area (Å²) in [6, 6.07) is 6.70. The van der Waals surface area contributed by atoms with Crippen molar-refractivity contribution in [3.8, 4) is 0 Å². The van der Waals surface area contributed by atoms with Crippen molar-refractivity contribution in [2.75, 3.05) is 18.4 Å². The largest absolute Gasteiger partial charge is 0.352 e. The Bertz CT molecular complexity index is 671. The van der Waals surface area contributed by atoms with E-state index in [1.54, 1.807) is 36.1 Å². The fourth-order valence-electron chi connectivity index (χ4n) is 2.98. The lowest BCUT2D eigenvalue weighted by molar-refractivity contribution is -0.134. The lowest BCUT2D eigenvalue weighted by Crippen LogP contribution is -2.64. The van der Waals surface area contributed by atoms with E-state index in [1.165, 1.54) is 6.08 Å². The van der Waals surface area contributed by atoms with Gasteiger partial charge in [0.15, 0.2) is 0 Å². The molecule has 0 bridgehead atoms. The van der Waals surface area contributed by atoms with Gasteiger partial charge in [-0.2, -0.15) is 0 Å². The van der Waals surface area contributed by atoms with Crippen molar-refractivity contribution in [3.63, 3.8) is 0 Å². The molecular formula is C18H23N3O3. The van der Waals surface area contributed by atoms with Crippen LogP contribution in [0.3, 0.4) is 0 Å². The zero-order valence-electron chi connectivity index (χ0n) is 14.1.